The first-order chi connectivity index (χ1) is 13.5. The van der Waals surface area contributed by atoms with Gasteiger partial charge in [0.1, 0.15) is 12.2 Å². The lowest BCUT2D eigenvalue weighted by atomic mass is 10.0. The second-order valence-electron chi connectivity index (χ2n) is 7.22. The average Bonchev–Trinajstić information content (AvgIpc) is 3.07. The molecule has 1 aromatic carbocycles. The first-order valence-electron chi connectivity index (χ1n) is 9.22. The van der Waals surface area contributed by atoms with Crippen LogP contribution in [0.5, 0.6) is 5.88 Å². The maximum absolute atomic E-state index is 12.7. The third-order valence-corrected chi connectivity index (χ3v) is 5.13. The summed E-state index contributed by atoms with van der Waals surface area (Å²) in [5, 5.41) is 8.79. The lowest BCUT2D eigenvalue weighted by Gasteiger charge is -2.39. The van der Waals surface area contributed by atoms with Gasteiger partial charge in [-0.15, -0.1) is 0 Å². The van der Waals surface area contributed by atoms with Crippen molar-refractivity contribution in [3.05, 3.63) is 53.7 Å². The number of carbonyl (C=O) groups excluding carboxylic acids is 2. The van der Waals surface area contributed by atoms with Crippen molar-refractivity contribution in [2.75, 3.05) is 24.5 Å². The monoisotopic (exact) mass is 376 g/mol. The molecule has 2 aliphatic rings. The van der Waals surface area contributed by atoms with E-state index in [-0.39, 0.29) is 30.3 Å². The molecule has 0 radical (unpaired) electrons. The molecule has 2 aromatic rings. The van der Waals surface area contributed by atoms with Crippen LogP contribution in [-0.2, 0) is 9.59 Å². The van der Waals surface area contributed by atoms with Crippen molar-refractivity contribution in [2.45, 2.75) is 19.4 Å². The minimum atomic E-state index is -0.317. The van der Waals surface area contributed by atoms with Gasteiger partial charge in [-0.2, -0.15) is 5.26 Å². The molecule has 28 heavy (non-hydrogen) atoms. The Hall–Kier alpha value is -3.40. The number of hydrogen-bond donors (Lipinski definition) is 0. The number of pyridine rings is 1. The maximum Gasteiger partial charge on any atom is 0.228 e. The Kier molecular flexibility index (Phi) is 4.70. The zero-order chi connectivity index (χ0) is 19.7. The van der Waals surface area contributed by atoms with Gasteiger partial charge in [0.25, 0.3) is 0 Å². The number of aromatic nitrogens is 1. The fourth-order valence-corrected chi connectivity index (χ4v) is 3.48. The van der Waals surface area contributed by atoms with Gasteiger partial charge in [0.05, 0.1) is 24.6 Å². The highest BCUT2D eigenvalue weighted by Gasteiger charge is 2.41. The molecule has 2 fully saturated rings. The van der Waals surface area contributed by atoms with Gasteiger partial charge in [0.2, 0.25) is 17.7 Å². The van der Waals surface area contributed by atoms with E-state index in [4.69, 9.17) is 10.00 Å². The van der Waals surface area contributed by atoms with Crippen molar-refractivity contribution < 1.29 is 14.3 Å². The summed E-state index contributed by atoms with van der Waals surface area (Å²) >= 11 is 0. The molecule has 0 spiro atoms. The van der Waals surface area contributed by atoms with Crippen LogP contribution in [0.15, 0.2) is 42.6 Å². The van der Waals surface area contributed by atoms with Gasteiger partial charge in [-0.25, -0.2) is 4.98 Å². The van der Waals surface area contributed by atoms with E-state index < -0.39 is 0 Å². The standard InChI is InChI=1S/C21H20N4O3/c1-14-2-5-17(6-3-14)25-11-16(8-20(25)26)21(27)24-12-18(13-24)28-19-7-4-15(9-22)10-23-19/h2-7,10,16,18H,8,11-13H2,1H3. The number of ether oxygens (including phenoxy) is 1. The SMILES string of the molecule is Cc1ccc(N2CC(C(=O)N3CC(Oc4ccc(C#N)cn4)C3)CC2=O)cc1. The van der Waals surface area contributed by atoms with Gasteiger partial charge in [-0.05, 0) is 25.1 Å². The quantitative estimate of drug-likeness (QED) is 0.813. The van der Waals surface area contributed by atoms with Crippen molar-refractivity contribution in [1.29, 1.82) is 5.26 Å². The number of nitrogens with zero attached hydrogens (tertiary/aromatic N) is 4. The molecule has 1 atom stereocenters. The van der Waals surface area contributed by atoms with Crippen molar-refractivity contribution in [3.63, 3.8) is 0 Å². The summed E-state index contributed by atoms with van der Waals surface area (Å²) in [5.41, 5.74) is 2.44. The largest absolute Gasteiger partial charge is 0.471 e. The predicted octanol–water partition coefficient (Wildman–Crippen LogP) is 1.90. The van der Waals surface area contributed by atoms with Crippen LogP contribution in [0.3, 0.4) is 0 Å². The number of rotatable bonds is 4. The Bertz CT molecular complexity index is 928. The van der Waals surface area contributed by atoms with Gasteiger partial charge in [-0.3, -0.25) is 9.59 Å². The molecule has 0 N–H and O–H groups in total. The second-order valence-corrected chi connectivity index (χ2v) is 7.22. The van der Waals surface area contributed by atoms with E-state index in [0.717, 1.165) is 11.3 Å². The van der Waals surface area contributed by atoms with Crippen LogP contribution >= 0.6 is 0 Å². The zero-order valence-electron chi connectivity index (χ0n) is 15.5. The second kappa shape index (κ2) is 7.31. The number of nitriles is 1. The number of aryl methyl sites for hydroxylation is 1. The topological polar surface area (TPSA) is 86.5 Å². The number of amides is 2. The highest BCUT2D eigenvalue weighted by Crippen LogP contribution is 2.28. The number of hydrogen-bond acceptors (Lipinski definition) is 5. The fraction of sp³-hybridized carbons (Fsp3) is 0.333. The Morgan fingerprint density at radius 1 is 1.18 bits per heavy atom. The van der Waals surface area contributed by atoms with E-state index in [2.05, 4.69) is 4.98 Å². The molecule has 2 aliphatic heterocycles. The highest BCUT2D eigenvalue weighted by molar-refractivity contribution is 6.00. The molecule has 142 valence electrons. The van der Waals surface area contributed by atoms with E-state index in [9.17, 15) is 9.59 Å². The molecule has 4 rings (SSSR count). The first kappa shape index (κ1) is 18.0. The van der Waals surface area contributed by atoms with Gasteiger partial charge < -0.3 is 14.5 Å². The summed E-state index contributed by atoms with van der Waals surface area (Å²) in [6.45, 7) is 3.38. The van der Waals surface area contributed by atoms with Gasteiger partial charge in [0.15, 0.2) is 0 Å². The Balaban J connectivity index is 1.30. The molecular formula is C21H20N4O3. The van der Waals surface area contributed by atoms with Crippen molar-refractivity contribution in [2.24, 2.45) is 5.92 Å². The lowest BCUT2D eigenvalue weighted by molar-refractivity contribution is -0.144. The number of likely N-dealkylation sites (tertiary alicyclic amines) is 1. The summed E-state index contributed by atoms with van der Waals surface area (Å²) in [6, 6.07) is 13.1. The Morgan fingerprint density at radius 3 is 2.57 bits per heavy atom. The summed E-state index contributed by atoms with van der Waals surface area (Å²) in [7, 11) is 0. The first-order valence-corrected chi connectivity index (χ1v) is 9.22. The van der Waals surface area contributed by atoms with Gasteiger partial charge in [-0.1, -0.05) is 17.7 Å². The lowest BCUT2D eigenvalue weighted by Crippen LogP contribution is -2.57. The van der Waals surface area contributed by atoms with Crippen LogP contribution in [0.2, 0.25) is 0 Å². The number of benzene rings is 1. The zero-order valence-corrected chi connectivity index (χ0v) is 15.5. The predicted molar refractivity (Wildman–Crippen MR) is 102 cm³/mol. The van der Waals surface area contributed by atoms with E-state index in [1.54, 1.807) is 21.9 Å². The van der Waals surface area contributed by atoms with E-state index in [0.29, 0.717) is 31.1 Å². The molecular weight excluding hydrogens is 356 g/mol. The summed E-state index contributed by atoms with van der Waals surface area (Å²) in [4.78, 5) is 32.6. The number of carbonyl (C=O) groups is 2. The third kappa shape index (κ3) is 3.54. The minimum Gasteiger partial charge on any atom is -0.471 e. The smallest absolute Gasteiger partial charge is 0.228 e. The van der Waals surface area contributed by atoms with E-state index in [1.165, 1.54) is 6.20 Å². The van der Waals surface area contributed by atoms with Crippen molar-refractivity contribution in [3.8, 4) is 11.9 Å². The Labute approximate surface area is 163 Å². The molecule has 2 saturated heterocycles. The Morgan fingerprint density at radius 2 is 1.93 bits per heavy atom. The van der Waals surface area contributed by atoms with Crippen molar-refractivity contribution >= 4 is 17.5 Å². The molecule has 0 bridgehead atoms. The third-order valence-electron chi connectivity index (χ3n) is 5.13. The van der Waals surface area contributed by atoms with Crippen LogP contribution in [0.25, 0.3) is 0 Å². The van der Waals surface area contributed by atoms with Gasteiger partial charge >= 0.3 is 0 Å². The highest BCUT2D eigenvalue weighted by atomic mass is 16.5. The van der Waals surface area contributed by atoms with E-state index >= 15 is 0 Å². The summed E-state index contributed by atoms with van der Waals surface area (Å²) in [5.74, 6) is 0.105. The maximum atomic E-state index is 12.7. The fourth-order valence-electron chi connectivity index (χ4n) is 3.48. The molecule has 1 unspecified atom stereocenters. The van der Waals surface area contributed by atoms with Crippen LogP contribution in [-0.4, -0.2) is 47.4 Å². The molecule has 0 aliphatic carbocycles. The minimum absolute atomic E-state index is 0.00407. The summed E-state index contributed by atoms with van der Waals surface area (Å²) in [6.07, 6.45) is 1.58. The average molecular weight is 376 g/mol. The van der Waals surface area contributed by atoms with Crippen molar-refractivity contribution in [1.82, 2.24) is 9.88 Å². The van der Waals surface area contributed by atoms with E-state index in [1.807, 2.05) is 37.3 Å². The summed E-state index contributed by atoms with van der Waals surface area (Å²) < 4.78 is 5.72. The molecule has 1 aromatic heterocycles. The molecule has 7 nitrogen and oxygen atoms in total. The molecule has 7 heteroatoms. The van der Waals surface area contributed by atoms with Gasteiger partial charge in [0, 0.05) is 30.9 Å². The van der Waals surface area contributed by atoms with Crippen LogP contribution < -0.4 is 9.64 Å². The van der Waals surface area contributed by atoms with Crippen LogP contribution in [0, 0.1) is 24.2 Å². The van der Waals surface area contributed by atoms with Crippen LogP contribution in [0.1, 0.15) is 17.5 Å². The molecule has 2 amide bonds. The molecule has 0 saturated carbocycles. The van der Waals surface area contributed by atoms with Crippen LogP contribution in [0.4, 0.5) is 5.69 Å². The normalized spacial score (nSPS) is 19.3. The number of anilines is 1. The molecule has 3 heterocycles.